The highest BCUT2D eigenvalue weighted by molar-refractivity contribution is 8.00. The smallest absolute Gasteiger partial charge is 0.233 e. The largest absolute Gasteiger partial charge is 0.368 e. The predicted molar refractivity (Wildman–Crippen MR) is 102 cm³/mol. The van der Waals surface area contributed by atoms with Gasteiger partial charge >= 0.3 is 0 Å². The first kappa shape index (κ1) is 16.9. The van der Waals surface area contributed by atoms with Crippen LogP contribution in [-0.4, -0.2) is 42.7 Å². The lowest BCUT2D eigenvalue weighted by Gasteiger charge is -2.36. The number of anilines is 1. The lowest BCUT2D eigenvalue weighted by atomic mass is 10.2. The van der Waals surface area contributed by atoms with Gasteiger partial charge in [0.05, 0.1) is 5.75 Å². The number of amides is 1. The molecule has 1 amide bonds. The fourth-order valence-electron chi connectivity index (χ4n) is 2.95. The zero-order valence-electron chi connectivity index (χ0n) is 14.4. The van der Waals surface area contributed by atoms with Crippen LogP contribution in [0.4, 0.5) is 5.69 Å². The fourth-order valence-corrected chi connectivity index (χ4v) is 3.97. The molecule has 0 radical (unpaired) electrons. The van der Waals surface area contributed by atoms with Crippen LogP contribution in [0, 0.1) is 13.8 Å². The number of aryl methyl sites for hydroxylation is 2. The number of carbonyl (C=O) groups excluding carboxylic acids is 1. The fraction of sp³-hybridized carbons (Fsp3) is 0.350. The van der Waals surface area contributed by atoms with Gasteiger partial charge in [0, 0.05) is 36.8 Å². The lowest BCUT2D eigenvalue weighted by molar-refractivity contribution is -0.128. The second-order valence-electron chi connectivity index (χ2n) is 6.26. The van der Waals surface area contributed by atoms with Crippen molar-refractivity contribution >= 4 is 23.4 Å². The van der Waals surface area contributed by atoms with Crippen LogP contribution in [0.1, 0.15) is 11.1 Å². The van der Waals surface area contributed by atoms with Gasteiger partial charge in [-0.25, -0.2) is 0 Å². The van der Waals surface area contributed by atoms with Gasteiger partial charge in [0.25, 0.3) is 0 Å². The van der Waals surface area contributed by atoms with Gasteiger partial charge in [-0.05, 0) is 37.6 Å². The summed E-state index contributed by atoms with van der Waals surface area (Å²) < 4.78 is 0. The minimum atomic E-state index is 0.244. The van der Waals surface area contributed by atoms with E-state index in [1.165, 1.54) is 21.7 Å². The Bertz CT molecular complexity index is 694. The molecule has 2 aromatic rings. The van der Waals surface area contributed by atoms with E-state index in [-0.39, 0.29) is 5.91 Å². The summed E-state index contributed by atoms with van der Waals surface area (Å²) in [5.41, 5.74) is 3.73. The maximum atomic E-state index is 12.5. The van der Waals surface area contributed by atoms with Crippen LogP contribution in [0.15, 0.2) is 53.4 Å². The van der Waals surface area contributed by atoms with Crippen molar-refractivity contribution in [1.29, 1.82) is 0 Å². The molecule has 3 nitrogen and oxygen atoms in total. The highest BCUT2D eigenvalue weighted by Crippen LogP contribution is 2.24. The number of benzene rings is 2. The van der Waals surface area contributed by atoms with E-state index < -0.39 is 0 Å². The Hall–Kier alpha value is -1.94. The summed E-state index contributed by atoms with van der Waals surface area (Å²) in [7, 11) is 0. The summed E-state index contributed by atoms with van der Waals surface area (Å²) >= 11 is 1.66. The summed E-state index contributed by atoms with van der Waals surface area (Å²) in [6.07, 6.45) is 0. The second kappa shape index (κ2) is 7.75. The molecule has 4 heteroatoms. The van der Waals surface area contributed by atoms with Crippen LogP contribution >= 0.6 is 11.8 Å². The number of hydrogen-bond acceptors (Lipinski definition) is 3. The van der Waals surface area contributed by atoms with Crippen LogP contribution in [0.25, 0.3) is 0 Å². The van der Waals surface area contributed by atoms with Crippen LogP contribution in [-0.2, 0) is 4.79 Å². The van der Waals surface area contributed by atoms with Crippen molar-refractivity contribution in [3.63, 3.8) is 0 Å². The molecule has 0 aromatic heterocycles. The highest BCUT2D eigenvalue weighted by atomic mass is 32.2. The minimum Gasteiger partial charge on any atom is -0.368 e. The van der Waals surface area contributed by atoms with Crippen LogP contribution in [0.2, 0.25) is 0 Å². The molecule has 0 bridgehead atoms. The molecule has 126 valence electrons. The molecule has 1 fully saturated rings. The summed E-state index contributed by atoms with van der Waals surface area (Å²) in [5.74, 6) is 0.768. The third-order valence-electron chi connectivity index (χ3n) is 4.45. The molecule has 0 unspecified atom stereocenters. The quantitative estimate of drug-likeness (QED) is 0.792. The molecule has 3 rings (SSSR count). The first-order valence-corrected chi connectivity index (χ1v) is 9.40. The average molecular weight is 340 g/mol. The van der Waals surface area contributed by atoms with Crippen molar-refractivity contribution in [2.24, 2.45) is 0 Å². The van der Waals surface area contributed by atoms with Gasteiger partial charge in [-0.1, -0.05) is 35.9 Å². The molecule has 0 aliphatic carbocycles. The number of rotatable bonds is 4. The zero-order valence-corrected chi connectivity index (χ0v) is 15.2. The highest BCUT2D eigenvalue weighted by Gasteiger charge is 2.21. The van der Waals surface area contributed by atoms with Gasteiger partial charge in [0.15, 0.2) is 0 Å². The Labute approximate surface area is 148 Å². The number of para-hydroxylation sites is 1. The van der Waals surface area contributed by atoms with E-state index >= 15 is 0 Å². The van der Waals surface area contributed by atoms with Crippen molar-refractivity contribution in [2.75, 3.05) is 36.8 Å². The standard InChI is InChI=1S/C20H24N2OS/c1-16-8-9-17(2)19(14-16)24-15-20(23)22-12-10-21(11-13-22)18-6-4-3-5-7-18/h3-9,14H,10-13,15H2,1-2H3. The van der Waals surface area contributed by atoms with Gasteiger partial charge in [-0.2, -0.15) is 0 Å². The van der Waals surface area contributed by atoms with Crippen molar-refractivity contribution in [3.8, 4) is 0 Å². The lowest BCUT2D eigenvalue weighted by Crippen LogP contribution is -2.49. The van der Waals surface area contributed by atoms with Gasteiger partial charge < -0.3 is 9.80 Å². The molecule has 1 aliphatic rings. The number of piperazine rings is 1. The third kappa shape index (κ3) is 4.12. The number of hydrogen-bond donors (Lipinski definition) is 0. The average Bonchev–Trinajstić information content (AvgIpc) is 2.63. The van der Waals surface area contributed by atoms with E-state index in [4.69, 9.17) is 0 Å². The van der Waals surface area contributed by atoms with Crippen molar-refractivity contribution in [3.05, 3.63) is 59.7 Å². The zero-order chi connectivity index (χ0) is 16.9. The summed E-state index contributed by atoms with van der Waals surface area (Å²) in [6, 6.07) is 16.8. The van der Waals surface area contributed by atoms with Gasteiger partial charge in [-0.3, -0.25) is 4.79 Å². The Morgan fingerprint density at radius 1 is 1.00 bits per heavy atom. The Kier molecular flexibility index (Phi) is 5.46. The van der Waals surface area contributed by atoms with Gasteiger partial charge in [0.2, 0.25) is 5.91 Å². The van der Waals surface area contributed by atoms with E-state index in [0.29, 0.717) is 5.75 Å². The molecular formula is C20H24N2OS. The maximum Gasteiger partial charge on any atom is 0.233 e. The number of nitrogens with zero attached hydrogens (tertiary/aromatic N) is 2. The topological polar surface area (TPSA) is 23.6 Å². The van der Waals surface area contributed by atoms with E-state index in [1.54, 1.807) is 11.8 Å². The molecular weight excluding hydrogens is 316 g/mol. The van der Waals surface area contributed by atoms with Crippen molar-refractivity contribution < 1.29 is 4.79 Å². The normalized spacial score (nSPS) is 14.8. The number of thioether (sulfide) groups is 1. The van der Waals surface area contributed by atoms with Crippen LogP contribution in [0.5, 0.6) is 0 Å². The van der Waals surface area contributed by atoms with Crippen molar-refractivity contribution in [1.82, 2.24) is 4.90 Å². The molecule has 0 saturated carbocycles. The molecule has 1 heterocycles. The first-order valence-electron chi connectivity index (χ1n) is 8.41. The Morgan fingerprint density at radius 3 is 2.42 bits per heavy atom. The van der Waals surface area contributed by atoms with Crippen LogP contribution in [0.3, 0.4) is 0 Å². The summed E-state index contributed by atoms with van der Waals surface area (Å²) in [4.78, 5) is 18.1. The molecule has 2 aromatic carbocycles. The molecule has 1 aliphatic heterocycles. The van der Waals surface area contributed by atoms with E-state index in [9.17, 15) is 4.79 Å². The maximum absolute atomic E-state index is 12.5. The SMILES string of the molecule is Cc1ccc(C)c(SCC(=O)N2CCN(c3ccccc3)CC2)c1. The Balaban J connectivity index is 1.51. The van der Waals surface area contributed by atoms with Gasteiger partial charge in [-0.15, -0.1) is 11.8 Å². The molecule has 0 spiro atoms. The van der Waals surface area contributed by atoms with Crippen LogP contribution < -0.4 is 4.90 Å². The summed E-state index contributed by atoms with van der Waals surface area (Å²) in [5, 5.41) is 0. The predicted octanol–water partition coefficient (Wildman–Crippen LogP) is 3.74. The monoisotopic (exact) mass is 340 g/mol. The second-order valence-corrected chi connectivity index (χ2v) is 7.28. The van der Waals surface area contributed by atoms with Gasteiger partial charge in [0.1, 0.15) is 0 Å². The van der Waals surface area contributed by atoms with E-state index in [0.717, 1.165) is 26.2 Å². The number of carbonyl (C=O) groups is 1. The Morgan fingerprint density at radius 2 is 1.71 bits per heavy atom. The summed E-state index contributed by atoms with van der Waals surface area (Å²) in [6.45, 7) is 7.62. The van der Waals surface area contributed by atoms with E-state index in [2.05, 4.69) is 61.2 Å². The third-order valence-corrected chi connectivity index (χ3v) is 5.59. The van der Waals surface area contributed by atoms with E-state index in [1.807, 2.05) is 11.0 Å². The molecule has 24 heavy (non-hydrogen) atoms. The van der Waals surface area contributed by atoms with Crippen molar-refractivity contribution in [2.45, 2.75) is 18.7 Å². The first-order chi connectivity index (χ1) is 11.6. The minimum absolute atomic E-state index is 0.244. The molecule has 1 saturated heterocycles. The molecule has 0 atom stereocenters. The molecule has 0 N–H and O–H groups in total.